The van der Waals surface area contributed by atoms with Gasteiger partial charge in [0.2, 0.25) is 0 Å². The van der Waals surface area contributed by atoms with Gasteiger partial charge in [-0.3, -0.25) is 9.36 Å². The number of rotatable bonds is 1. The monoisotopic (exact) mass is 263 g/mol. The number of Topliss-reactive ketones (excluding diaryl/α,β-unsaturated/α-hetero) is 1. The first-order chi connectivity index (χ1) is 8.87. The van der Waals surface area contributed by atoms with E-state index in [1.165, 1.54) is 4.57 Å². The molecule has 2 rings (SSSR count). The molecule has 0 aliphatic heterocycles. The molecular weight excluding hydrogens is 242 g/mol. The van der Waals surface area contributed by atoms with Crippen molar-refractivity contribution >= 4 is 11.9 Å². The second-order valence-corrected chi connectivity index (χ2v) is 6.12. The third kappa shape index (κ3) is 3.46. The summed E-state index contributed by atoms with van der Waals surface area (Å²) >= 11 is 0. The maximum Gasteiger partial charge on any atom is 0.418 e. The van der Waals surface area contributed by atoms with Crippen LogP contribution < -0.4 is 0 Å². The molecule has 4 nitrogen and oxygen atoms in total. The third-order valence-electron chi connectivity index (χ3n) is 3.27. The Morgan fingerprint density at radius 3 is 2.79 bits per heavy atom. The van der Waals surface area contributed by atoms with Gasteiger partial charge >= 0.3 is 6.09 Å². The fraction of sp³-hybridized carbons (Fsp3) is 0.600. The molecule has 0 N–H and O–H groups in total. The molecule has 1 atom stereocenters. The highest BCUT2D eigenvalue weighted by atomic mass is 16.6. The van der Waals surface area contributed by atoms with Crippen molar-refractivity contribution in [1.82, 2.24) is 4.57 Å². The molecule has 1 aliphatic carbocycles. The van der Waals surface area contributed by atoms with Crippen LogP contribution in [0.5, 0.6) is 0 Å². The lowest BCUT2D eigenvalue weighted by atomic mass is 9.86. The van der Waals surface area contributed by atoms with E-state index >= 15 is 0 Å². The van der Waals surface area contributed by atoms with Gasteiger partial charge in [0.25, 0.3) is 0 Å². The lowest BCUT2D eigenvalue weighted by Gasteiger charge is -2.24. The summed E-state index contributed by atoms with van der Waals surface area (Å²) in [4.78, 5) is 23.7. The summed E-state index contributed by atoms with van der Waals surface area (Å²) in [6, 6.07) is 3.74. The second kappa shape index (κ2) is 5.19. The van der Waals surface area contributed by atoms with E-state index in [0.717, 1.165) is 18.5 Å². The highest BCUT2D eigenvalue weighted by Gasteiger charge is 2.26. The number of aromatic nitrogens is 1. The first-order valence-corrected chi connectivity index (χ1v) is 6.79. The standard InChI is InChI=1S/C15H21NO3/c1-15(2,3)19-14(18)16-9-5-8-13(16)11-6-4-7-12(17)10-11/h5,8-9,11H,4,6-7,10H2,1-3H3. The molecule has 1 aromatic heterocycles. The van der Waals surface area contributed by atoms with Gasteiger partial charge in [-0.15, -0.1) is 0 Å². The largest absolute Gasteiger partial charge is 0.443 e. The summed E-state index contributed by atoms with van der Waals surface area (Å²) in [5, 5.41) is 0. The predicted molar refractivity (Wildman–Crippen MR) is 72.3 cm³/mol. The van der Waals surface area contributed by atoms with Crippen LogP contribution >= 0.6 is 0 Å². The molecule has 1 saturated carbocycles. The van der Waals surface area contributed by atoms with Crippen LogP contribution in [-0.4, -0.2) is 22.0 Å². The summed E-state index contributed by atoms with van der Waals surface area (Å²) in [7, 11) is 0. The minimum Gasteiger partial charge on any atom is -0.443 e. The van der Waals surface area contributed by atoms with Gasteiger partial charge in [0.15, 0.2) is 0 Å². The number of hydrogen-bond acceptors (Lipinski definition) is 3. The first kappa shape index (κ1) is 13.8. The number of nitrogens with zero attached hydrogens (tertiary/aromatic N) is 1. The Morgan fingerprint density at radius 2 is 2.16 bits per heavy atom. The van der Waals surface area contributed by atoms with Crippen molar-refractivity contribution in [3.8, 4) is 0 Å². The molecule has 19 heavy (non-hydrogen) atoms. The van der Waals surface area contributed by atoms with Crippen LogP contribution in [0, 0.1) is 0 Å². The molecule has 1 fully saturated rings. The second-order valence-electron chi connectivity index (χ2n) is 6.12. The van der Waals surface area contributed by atoms with Crippen molar-refractivity contribution in [2.45, 2.75) is 58.0 Å². The van der Waals surface area contributed by atoms with Crippen LogP contribution in [0.4, 0.5) is 4.79 Å². The normalized spacial score (nSPS) is 20.4. The zero-order chi connectivity index (χ0) is 14.0. The maximum atomic E-state index is 12.1. The zero-order valence-electron chi connectivity index (χ0n) is 11.8. The Balaban J connectivity index is 2.17. The molecule has 0 aromatic carbocycles. The summed E-state index contributed by atoms with van der Waals surface area (Å²) in [6.45, 7) is 5.54. The van der Waals surface area contributed by atoms with Gasteiger partial charge in [-0.1, -0.05) is 0 Å². The Hall–Kier alpha value is -1.58. The minimum absolute atomic E-state index is 0.142. The molecule has 0 bridgehead atoms. The molecule has 1 aliphatic rings. The van der Waals surface area contributed by atoms with Crippen molar-refractivity contribution in [2.24, 2.45) is 0 Å². The SMILES string of the molecule is CC(C)(C)OC(=O)n1cccc1C1CCCC(=O)C1. The minimum atomic E-state index is -0.513. The van der Waals surface area contributed by atoms with Gasteiger partial charge < -0.3 is 4.74 Å². The molecule has 0 saturated heterocycles. The van der Waals surface area contributed by atoms with Gasteiger partial charge in [0.05, 0.1) is 0 Å². The number of carbonyl (C=O) groups excluding carboxylic acids is 2. The van der Waals surface area contributed by atoms with Crippen LogP contribution in [0.1, 0.15) is 58.1 Å². The Labute approximate surface area is 113 Å². The van der Waals surface area contributed by atoms with Gasteiger partial charge in [-0.05, 0) is 45.7 Å². The van der Waals surface area contributed by atoms with E-state index in [9.17, 15) is 9.59 Å². The van der Waals surface area contributed by atoms with Crippen molar-refractivity contribution in [1.29, 1.82) is 0 Å². The molecule has 1 aromatic rings. The van der Waals surface area contributed by atoms with E-state index in [1.54, 1.807) is 6.20 Å². The van der Waals surface area contributed by atoms with Crippen LogP contribution in [-0.2, 0) is 9.53 Å². The van der Waals surface area contributed by atoms with Crippen molar-refractivity contribution in [3.05, 3.63) is 24.0 Å². The average Bonchev–Trinajstić information content (AvgIpc) is 2.75. The number of hydrogen-bond donors (Lipinski definition) is 0. The van der Waals surface area contributed by atoms with E-state index in [-0.39, 0.29) is 17.8 Å². The maximum absolute atomic E-state index is 12.1. The van der Waals surface area contributed by atoms with E-state index in [4.69, 9.17) is 4.74 Å². The summed E-state index contributed by atoms with van der Waals surface area (Å²) in [6.07, 6.45) is 4.41. The number of carbonyl (C=O) groups is 2. The highest BCUT2D eigenvalue weighted by molar-refractivity contribution is 5.80. The van der Waals surface area contributed by atoms with Gasteiger partial charge in [-0.2, -0.15) is 0 Å². The van der Waals surface area contributed by atoms with Crippen LogP contribution in [0.2, 0.25) is 0 Å². The molecule has 1 unspecified atom stereocenters. The topological polar surface area (TPSA) is 48.3 Å². The lowest BCUT2D eigenvalue weighted by Crippen LogP contribution is -2.28. The van der Waals surface area contributed by atoms with E-state index in [0.29, 0.717) is 12.8 Å². The van der Waals surface area contributed by atoms with E-state index in [2.05, 4.69) is 0 Å². The van der Waals surface area contributed by atoms with Crippen molar-refractivity contribution in [3.63, 3.8) is 0 Å². The quantitative estimate of drug-likeness (QED) is 0.779. The lowest BCUT2D eigenvalue weighted by molar-refractivity contribution is -0.120. The van der Waals surface area contributed by atoms with Crippen molar-refractivity contribution in [2.75, 3.05) is 0 Å². The fourth-order valence-corrected chi connectivity index (χ4v) is 2.48. The summed E-state index contributed by atoms with van der Waals surface area (Å²) < 4.78 is 6.92. The fourth-order valence-electron chi connectivity index (χ4n) is 2.48. The van der Waals surface area contributed by atoms with Gasteiger partial charge in [-0.25, -0.2) is 4.79 Å². The van der Waals surface area contributed by atoms with Gasteiger partial charge in [0.1, 0.15) is 11.4 Å². The summed E-state index contributed by atoms with van der Waals surface area (Å²) in [5.74, 6) is 0.428. The number of ketones is 1. The predicted octanol–water partition coefficient (Wildman–Crippen LogP) is 3.50. The zero-order valence-corrected chi connectivity index (χ0v) is 11.8. The molecule has 104 valence electrons. The van der Waals surface area contributed by atoms with Crippen molar-refractivity contribution < 1.29 is 14.3 Å². The molecular formula is C15H21NO3. The summed E-state index contributed by atoms with van der Waals surface area (Å²) in [5.41, 5.74) is 0.378. The average molecular weight is 263 g/mol. The van der Waals surface area contributed by atoms with Crippen LogP contribution in [0.3, 0.4) is 0 Å². The van der Waals surface area contributed by atoms with E-state index < -0.39 is 5.60 Å². The smallest absolute Gasteiger partial charge is 0.418 e. The third-order valence-corrected chi connectivity index (χ3v) is 3.27. The molecule has 0 radical (unpaired) electrons. The van der Waals surface area contributed by atoms with Gasteiger partial charge in [0, 0.05) is 30.7 Å². The first-order valence-electron chi connectivity index (χ1n) is 6.79. The number of ether oxygens (including phenoxy) is 1. The van der Waals surface area contributed by atoms with Crippen LogP contribution in [0.15, 0.2) is 18.3 Å². The Bertz CT molecular complexity index is 482. The Morgan fingerprint density at radius 1 is 1.42 bits per heavy atom. The molecule has 0 spiro atoms. The molecule has 1 heterocycles. The van der Waals surface area contributed by atoms with E-state index in [1.807, 2.05) is 32.9 Å². The molecule has 4 heteroatoms. The van der Waals surface area contributed by atoms with Crippen LogP contribution in [0.25, 0.3) is 0 Å². The highest BCUT2D eigenvalue weighted by Crippen LogP contribution is 2.31. The Kier molecular flexibility index (Phi) is 3.78. The molecule has 0 amide bonds.